The summed E-state index contributed by atoms with van der Waals surface area (Å²) in [5, 5.41) is 0. The third-order valence-corrected chi connectivity index (χ3v) is 1.89. The van der Waals surface area contributed by atoms with E-state index in [1.165, 1.54) is 0 Å². The quantitative estimate of drug-likeness (QED) is 0.588. The first kappa shape index (κ1) is 11.3. The highest BCUT2D eigenvalue weighted by Gasteiger charge is 2.04. The largest absolute Gasteiger partial charge is 0.300 e. The van der Waals surface area contributed by atoms with Gasteiger partial charge < -0.3 is 0 Å². The molecule has 0 heterocycles. The van der Waals surface area contributed by atoms with Gasteiger partial charge in [0, 0.05) is 25.7 Å². The summed E-state index contributed by atoms with van der Waals surface area (Å²) in [4.78, 5) is 21.9. The van der Waals surface area contributed by atoms with E-state index < -0.39 is 0 Å². The van der Waals surface area contributed by atoms with E-state index in [2.05, 4.69) is 6.92 Å². The first-order valence-electron chi connectivity index (χ1n) is 4.74. The lowest BCUT2D eigenvalue weighted by atomic mass is 10.1. The zero-order valence-electron chi connectivity index (χ0n) is 8.06. The normalized spacial score (nSPS) is 9.83. The summed E-state index contributed by atoms with van der Waals surface area (Å²) in [7, 11) is 0. The maximum Gasteiger partial charge on any atom is 0.133 e. The Hall–Kier alpha value is -0.660. The van der Waals surface area contributed by atoms with Crippen LogP contribution in [0.3, 0.4) is 0 Å². The summed E-state index contributed by atoms with van der Waals surface area (Å²) in [6, 6.07) is 0. The van der Waals surface area contributed by atoms with Crippen LogP contribution in [-0.2, 0) is 9.59 Å². The molecular weight excluding hydrogens is 152 g/mol. The molecule has 0 rings (SSSR count). The molecule has 0 aromatic rings. The van der Waals surface area contributed by atoms with Gasteiger partial charge in [-0.15, -0.1) is 0 Å². The topological polar surface area (TPSA) is 34.1 Å². The summed E-state index contributed by atoms with van der Waals surface area (Å²) in [6.07, 6.45) is 4.10. The number of ketones is 2. The van der Waals surface area contributed by atoms with Gasteiger partial charge in [0.25, 0.3) is 0 Å². The summed E-state index contributed by atoms with van der Waals surface area (Å²) in [6.45, 7) is 3.89. The molecule has 0 saturated carbocycles. The summed E-state index contributed by atoms with van der Waals surface area (Å²) >= 11 is 0. The van der Waals surface area contributed by atoms with Crippen molar-refractivity contribution in [3.63, 3.8) is 0 Å². The fourth-order valence-corrected chi connectivity index (χ4v) is 0.955. The fraction of sp³-hybridized carbons (Fsp3) is 0.800. The van der Waals surface area contributed by atoms with E-state index in [1.54, 1.807) is 0 Å². The predicted molar refractivity (Wildman–Crippen MR) is 49.1 cm³/mol. The van der Waals surface area contributed by atoms with Crippen molar-refractivity contribution < 1.29 is 9.59 Å². The van der Waals surface area contributed by atoms with E-state index in [9.17, 15) is 9.59 Å². The lowest BCUT2D eigenvalue weighted by molar-refractivity contribution is -0.124. The van der Waals surface area contributed by atoms with Crippen LogP contribution in [0, 0.1) is 0 Å². The van der Waals surface area contributed by atoms with Crippen LogP contribution in [0.1, 0.15) is 52.4 Å². The lowest BCUT2D eigenvalue weighted by Gasteiger charge is -1.97. The Morgan fingerprint density at radius 2 is 1.50 bits per heavy atom. The van der Waals surface area contributed by atoms with E-state index in [0.29, 0.717) is 25.7 Å². The van der Waals surface area contributed by atoms with Crippen molar-refractivity contribution in [2.45, 2.75) is 52.4 Å². The van der Waals surface area contributed by atoms with Crippen molar-refractivity contribution in [2.75, 3.05) is 0 Å². The van der Waals surface area contributed by atoms with E-state index in [0.717, 1.165) is 12.8 Å². The van der Waals surface area contributed by atoms with E-state index in [-0.39, 0.29) is 11.6 Å². The average molecular weight is 170 g/mol. The number of carbonyl (C=O) groups is 2. The summed E-state index contributed by atoms with van der Waals surface area (Å²) < 4.78 is 0. The van der Waals surface area contributed by atoms with Gasteiger partial charge in [0.05, 0.1) is 0 Å². The molecule has 0 saturated heterocycles. The van der Waals surface area contributed by atoms with Crippen LogP contribution < -0.4 is 0 Å². The van der Waals surface area contributed by atoms with Crippen molar-refractivity contribution in [3.8, 4) is 0 Å². The number of Topliss-reactive ketones (excluding diaryl/α,β-unsaturated/α-hetero) is 2. The number of rotatable bonds is 7. The first-order chi connectivity index (χ1) is 5.70. The van der Waals surface area contributed by atoms with Crippen LogP contribution >= 0.6 is 0 Å². The molecule has 12 heavy (non-hydrogen) atoms. The molecule has 0 bridgehead atoms. The van der Waals surface area contributed by atoms with Crippen LogP contribution in [0.25, 0.3) is 0 Å². The molecule has 0 spiro atoms. The molecule has 0 unspecified atom stereocenters. The smallest absolute Gasteiger partial charge is 0.133 e. The Labute approximate surface area is 74.3 Å². The molecule has 70 valence electrons. The third-order valence-electron chi connectivity index (χ3n) is 1.89. The molecule has 0 atom stereocenters. The molecule has 2 heteroatoms. The molecule has 0 aromatic heterocycles. The Morgan fingerprint density at radius 1 is 0.917 bits per heavy atom. The number of unbranched alkanes of at least 4 members (excludes halogenated alkanes) is 1. The minimum Gasteiger partial charge on any atom is -0.300 e. The third kappa shape index (κ3) is 6.08. The van der Waals surface area contributed by atoms with Gasteiger partial charge in [-0.1, -0.05) is 20.3 Å². The Balaban J connectivity index is 3.37. The highest BCUT2D eigenvalue weighted by atomic mass is 16.1. The van der Waals surface area contributed by atoms with Crippen molar-refractivity contribution in [1.29, 1.82) is 0 Å². The molecule has 2 nitrogen and oxygen atoms in total. The van der Waals surface area contributed by atoms with Crippen LogP contribution in [0.15, 0.2) is 0 Å². The van der Waals surface area contributed by atoms with Crippen molar-refractivity contribution >= 4 is 11.6 Å². The molecule has 0 aliphatic carbocycles. The second-order valence-corrected chi connectivity index (χ2v) is 3.03. The van der Waals surface area contributed by atoms with E-state index in [1.807, 2.05) is 6.92 Å². The van der Waals surface area contributed by atoms with Crippen LogP contribution in [0.4, 0.5) is 0 Å². The standard InChI is InChI=1S/C10H18O2/c1-3-5-6-10(12)8-7-9(11)4-2/h3-8H2,1-2H3. The highest BCUT2D eigenvalue weighted by Crippen LogP contribution is 2.02. The maximum absolute atomic E-state index is 11.1. The maximum atomic E-state index is 11.1. The first-order valence-corrected chi connectivity index (χ1v) is 4.74. The van der Waals surface area contributed by atoms with Gasteiger partial charge in [-0.2, -0.15) is 0 Å². The number of carbonyl (C=O) groups excluding carboxylic acids is 2. The van der Waals surface area contributed by atoms with Gasteiger partial charge in [0.15, 0.2) is 0 Å². The number of hydrogen-bond donors (Lipinski definition) is 0. The Bertz CT molecular complexity index is 150. The molecule has 0 fully saturated rings. The molecule has 0 N–H and O–H groups in total. The second kappa shape index (κ2) is 7.01. The van der Waals surface area contributed by atoms with Gasteiger partial charge >= 0.3 is 0 Å². The molecule has 0 aromatic carbocycles. The molecule has 0 radical (unpaired) electrons. The van der Waals surface area contributed by atoms with E-state index >= 15 is 0 Å². The van der Waals surface area contributed by atoms with Crippen LogP contribution in [0.2, 0.25) is 0 Å². The summed E-state index contributed by atoms with van der Waals surface area (Å²) in [5.74, 6) is 0.429. The zero-order valence-corrected chi connectivity index (χ0v) is 8.06. The van der Waals surface area contributed by atoms with Gasteiger partial charge in [-0.3, -0.25) is 9.59 Å². The van der Waals surface area contributed by atoms with Gasteiger partial charge in [-0.05, 0) is 6.42 Å². The molecule has 0 aliphatic heterocycles. The fourth-order valence-electron chi connectivity index (χ4n) is 0.955. The van der Waals surface area contributed by atoms with Crippen molar-refractivity contribution in [3.05, 3.63) is 0 Å². The molecule has 0 amide bonds. The second-order valence-electron chi connectivity index (χ2n) is 3.03. The van der Waals surface area contributed by atoms with E-state index in [4.69, 9.17) is 0 Å². The van der Waals surface area contributed by atoms with Gasteiger partial charge in [0.1, 0.15) is 11.6 Å². The van der Waals surface area contributed by atoms with Gasteiger partial charge in [-0.25, -0.2) is 0 Å². The van der Waals surface area contributed by atoms with Crippen LogP contribution in [0.5, 0.6) is 0 Å². The molecular formula is C10H18O2. The SMILES string of the molecule is CCCCC(=O)CCC(=O)CC. The summed E-state index contributed by atoms with van der Waals surface area (Å²) in [5.41, 5.74) is 0. The highest BCUT2D eigenvalue weighted by molar-refractivity contribution is 5.85. The monoisotopic (exact) mass is 170 g/mol. The zero-order chi connectivity index (χ0) is 9.40. The molecule has 0 aliphatic rings. The lowest BCUT2D eigenvalue weighted by Crippen LogP contribution is -2.02. The predicted octanol–water partition coefficient (Wildman–Crippen LogP) is 2.51. The van der Waals surface area contributed by atoms with Gasteiger partial charge in [0.2, 0.25) is 0 Å². The average Bonchev–Trinajstić information content (AvgIpc) is 2.10. The van der Waals surface area contributed by atoms with Crippen molar-refractivity contribution in [1.82, 2.24) is 0 Å². The Morgan fingerprint density at radius 3 is 2.00 bits per heavy atom. The minimum absolute atomic E-state index is 0.194. The van der Waals surface area contributed by atoms with Crippen molar-refractivity contribution in [2.24, 2.45) is 0 Å². The Kier molecular flexibility index (Phi) is 6.63. The van der Waals surface area contributed by atoms with Crippen LogP contribution in [-0.4, -0.2) is 11.6 Å². The minimum atomic E-state index is 0.194. The number of hydrogen-bond acceptors (Lipinski definition) is 2.